The molecule has 0 atom stereocenters. The lowest BCUT2D eigenvalue weighted by Crippen LogP contribution is -3.14. The molecule has 146 valence electrons. The van der Waals surface area contributed by atoms with Crippen LogP contribution in [0.1, 0.15) is 0 Å². The first-order chi connectivity index (χ1) is 12.8. The fourth-order valence-corrected chi connectivity index (χ4v) is 4.72. The fraction of sp³-hybridized carbons (Fsp3) is 0.375. The molecular formula is C16H20F2N5O2S2+. The van der Waals surface area contributed by atoms with Gasteiger partial charge in [0.2, 0.25) is 14.8 Å². The number of halogens is 2. The Bertz CT molecular complexity index is 994. The molecule has 2 aromatic rings. The zero-order chi connectivity index (χ0) is 19.6. The van der Waals surface area contributed by atoms with Gasteiger partial charge in [-0.2, -0.15) is 14.1 Å². The number of allylic oxidation sites excluding steroid dienone is 1. The Morgan fingerprint density at radius 2 is 2.00 bits per heavy atom. The summed E-state index contributed by atoms with van der Waals surface area (Å²) >= 11 is 5.35. The largest absolute Gasteiger partial charge is 0.314 e. The zero-order valence-corrected chi connectivity index (χ0v) is 16.1. The van der Waals surface area contributed by atoms with Gasteiger partial charge in [-0.05, 0) is 30.4 Å². The minimum atomic E-state index is -4.08. The Morgan fingerprint density at radius 3 is 2.67 bits per heavy atom. The van der Waals surface area contributed by atoms with Gasteiger partial charge in [-0.3, -0.25) is 0 Å². The third kappa shape index (κ3) is 4.15. The minimum absolute atomic E-state index is 0.203. The molecule has 0 spiro atoms. The first kappa shape index (κ1) is 19.8. The van der Waals surface area contributed by atoms with E-state index < -0.39 is 26.6 Å². The van der Waals surface area contributed by atoms with Gasteiger partial charge < -0.3 is 9.47 Å². The molecule has 1 aromatic heterocycles. The van der Waals surface area contributed by atoms with Gasteiger partial charge in [-0.15, -0.1) is 6.58 Å². The highest BCUT2D eigenvalue weighted by atomic mass is 32.2. The summed E-state index contributed by atoms with van der Waals surface area (Å²) in [5.74, 6) is -1.74. The van der Waals surface area contributed by atoms with E-state index in [0.29, 0.717) is 31.1 Å². The highest BCUT2D eigenvalue weighted by molar-refractivity contribution is 7.89. The van der Waals surface area contributed by atoms with Crippen molar-refractivity contribution in [2.75, 3.05) is 26.2 Å². The number of benzene rings is 1. The van der Waals surface area contributed by atoms with E-state index in [0.717, 1.165) is 23.1 Å². The molecule has 0 saturated carbocycles. The van der Waals surface area contributed by atoms with Crippen LogP contribution in [0.2, 0.25) is 0 Å². The first-order valence-corrected chi connectivity index (χ1v) is 10.2. The average molecular weight is 416 g/mol. The summed E-state index contributed by atoms with van der Waals surface area (Å²) in [7, 11) is -4.08. The topological polar surface area (TPSA) is 64.6 Å². The lowest BCUT2D eigenvalue weighted by atomic mass is 10.3. The molecule has 1 fully saturated rings. The number of hydrogen-bond donors (Lipinski definition) is 1. The number of rotatable bonds is 6. The summed E-state index contributed by atoms with van der Waals surface area (Å²) in [6.45, 7) is 6.16. The molecule has 1 N–H and O–H groups in total. The smallest absolute Gasteiger partial charge is 0.246 e. The normalized spacial score (nSPS) is 16.5. The van der Waals surface area contributed by atoms with Crippen molar-refractivity contribution in [1.29, 1.82) is 0 Å². The van der Waals surface area contributed by atoms with E-state index in [2.05, 4.69) is 11.7 Å². The first-order valence-electron chi connectivity index (χ1n) is 8.35. The summed E-state index contributed by atoms with van der Waals surface area (Å²) in [5, 5.41) is 4.25. The van der Waals surface area contributed by atoms with E-state index in [1.54, 1.807) is 21.7 Å². The highest BCUT2D eigenvalue weighted by Crippen LogP contribution is 2.20. The monoisotopic (exact) mass is 416 g/mol. The second-order valence-corrected chi connectivity index (χ2v) is 8.51. The average Bonchev–Trinajstić information content (AvgIpc) is 2.98. The Labute approximate surface area is 161 Å². The number of aromatic nitrogens is 3. The van der Waals surface area contributed by atoms with Crippen LogP contribution in [0.25, 0.3) is 0 Å². The van der Waals surface area contributed by atoms with Gasteiger partial charge in [0, 0.05) is 6.54 Å². The van der Waals surface area contributed by atoms with Crippen LogP contribution in [0.4, 0.5) is 8.78 Å². The highest BCUT2D eigenvalue weighted by Gasteiger charge is 2.32. The quantitative estimate of drug-likeness (QED) is 0.548. The van der Waals surface area contributed by atoms with E-state index in [1.807, 2.05) is 0 Å². The van der Waals surface area contributed by atoms with Crippen LogP contribution in [-0.4, -0.2) is 53.2 Å². The van der Waals surface area contributed by atoms with E-state index in [1.165, 1.54) is 4.31 Å². The molecule has 11 heteroatoms. The molecule has 1 aliphatic heterocycles. The summed E-state index contributed by atoms with van der Waals surface area (Å²) in [5.41, 5.74) is 0. The zero-order valence-electron chi connectivity index (χ0n) is 14.5. The molecule has 27 heavy (non-hydrogen) atoms. The molecule has 0 amide bonds. The third-order valence-corrected chi connectivity index (χ3v) is 6.80. The standard InChI is InChI=1S/C16H19F2N5O2S2/c1-2-5-21-11-19-23(16(21)26)12-20-6-8-22(9-7-20)27(24,25)15-10-13(17)3-4-14(15)18/h2-4,10-11H,1,5-9,12H2/p+1. The molecule has 1 aromatic carbocycles. The van der Waals surface area contributed by atoms with Crippen LogP contribution in [0.3, 0.4) is 0 Å². The molecular weight excluding hydrogens is 396 g/mol. The maximum atomic E-state index is 13.9. The number of nitrogens with one attached hydrogen (secondary N) is 1. The number of quaternary nitrogens is 1. The summed E-state index contributed by atoms with van der Waals surface area (Å²) < 4.78 is 57.7. The van der Waals surface area contributed by atoms with Gasteiger partial charge in [0.1, 0.15) is 22.9 Å². The van der Waals surface area contributed by atoms with Gasteiger partial charge >= 0.3 is 0 Å². The van der Waals surface area contributed by atoms with Crippen molar-refractivity contribution in [2.24, 2.45) is 0 Å². The molecule has 1 saturated heterocycles. The maximum absolute atomic E-state index is 13.9. The molecule has 3 rings (SSSR count). The number of nitrogens with zero attached hydrogens (tertiary/aromatic N) is 4. The molecule has 2 heterocycles. The van der Waals surface area contributed by atoms with Gasteiger partial charge in [0.25, 0.3) is 0 Å². The molecule has 0 radical (unpaired) electrons. The second-order valence-electron chi connectivity index (χ2n) is 6.24. The summed E-state index contributed by atoms with van der Waals surface area (Å²) in [6, 6.07) is 2.44. The van der Waals surface area contributed by atoms with Crippen LogP contribution in [-0.2, 0) is 23.2 Å². The van der Waals surface area contributed by atoms with Gasteiger partial charge in [-0.25, -0.2) is 17.2 Å². The van der Waals surface area contributed by atoms with E-state index in [4.69, 9.17) is 12.2 Å². The van der Waals surface area contributed by atoms with Crippen molar-refractivity contribution in [3.8, 4) is 0 Å². The number of piperazine rings is 1. The van der Waals surface area contributed by atoms with Crippen LogP contribution in [0.5, 0.6) is 0 Å². The van der Waals surface area contributed by atoms with Crippen LogP contribution >= 0.6 is 12.2 Å². The molecule has 0 bridgehead atoms. The molecule has 0 unspecified atom stereocenters. The summed E-state index contributed by atoms with van der Waals surface area (Å²) in [6.07, 6.45) is 3.36. The van der Waals surface area contributed by atoms with E-state index in [-0.39, 0.29) is 13.1 Å². The van der Waals surface area contributed by atoms with Crippen molar-refractivity contribution in [3.63, 3.8) is 0 Å². The Morgan fingerprint density at radius 1 is 1.30 bits per heavy atom. The predicted octanol–water partition coefficient (Wildman–Crippen LogP) is 0.425. The van der Waals surface area contributed by atoms with Gasteiger partial charge in [0.15, 0.2) is 6.67 Å². The second kappa shape index (κ2) is 7.97. The van der Waals surface area contributed by atoms with Crippen molar-refractivity contribution in [3.05, 3.63) is 53.6 Å². The third-order valence-electron chi connectivity index (χ3n) is 4.44. The summed E-state index contributed by atoms with van der Waals surface area (Å²) in [4.78, 5) is 0.470. The SMILES string of the molecule is C=CCn1cnn(C[NH+]2CCN(S(=O)(=O)c3cc(F)ccc3F)CC2)c1=S. The van der Waals surface area contributed by atoms with E-state index in [9.17, 15) is 17.2 Å². The number of hydrogen-bond acceptors (Lipinski definition) is 4. The van der Waals surface area contributed by atoms with Gasteiger partial charge in [-0.1, -0.05) is 6.08 Å². The molecule has 1 aliphatic rings. The van der Waals surface area contributed by atoms with Gasteiger partial charge in [0.05, 0.1) is 26.2 Å². The Kier molecular flexibility index (Phi) is 5.84. The van der Waals surface area contributed by atoms with Crippen LogP contribution < -0.4 is 4.90 Å². The van der Waals surface area contributed by atoms with Crippen molar-refractivity contribution >= 4 is 22.2 Å². The maximum Gasteiger partial charge on any atom is 0.246 e. The van der Waals surface area contributed by atoms with E-state index >= 15 is 0 Å². The molecule has 7 nitrogen and oxygen atoms in total. The molecule has 0 aliphatic carbocycles. The number of sulfonamides is 1. The minimum Gasteiger partial charge on any atom is -0.314 e. The predicted molar refractivity (Wildman–Crippen MR) is 97.1 cm³/mol. The Hall–Kier alpha value is -1.95. The lowest BCUT2D eigenvalue weighted by molar-refractivity contribution is -0.926. The van der Waals surface area contributed by atoms with Crippen molar-refractivity contribution in [2.45, 2.75) is 18.1 Å². The van der Waals surface area contributed by atoms with Crippen molar-refractivity contribution in [1.82, 2.24) is 18.7 Å². The fourth-order valence-electron chi connectivity index (χ4n) is 2.97. The van der Waals surface area contributed by atoms with Crippen LogP contribution in [0, 0.1) is 16.4 Å². The Balaban J connectivity index is 1.67. The lowest BCUT2D eigenvalue weighted by Gasteiger charge is -2.31. The van der Waals surface area contributed by atoms with Crippen molar-refractivity contribution < 1.29 is 22.1 Å². The van der Waals surface area contributed by atoms with Crippen LogP contribution in [0.15, 0.2) is 42.1 Å².